The van der Waals surface area contributed by atoms with E-state index >= 15 is 0 Å². The maximum Gasteiger partial charge on any atom is 0.265 e. The molecule has 0 aliphatic heterocycles. The summed E-state index contributed by atoms with van der Waals surface area (Å²) in [5.74, 6) is -0.468. The van der Waals surface area contributed by atoms with Crippen LogP contribution in [0.25, 0.3) is 0 Å². The van der Waals surface area contributed by atoms with Gasteiger partial charge >= 0.3 is 0 Å². The fraction of sp³-hybridized carbons (Fsp3) is 0.0833. The van der Waals surface area contributed by atoms with E-state index in [-0.39, 0.29) is 15.1 Å². The van der Waals surface area contributed by atoms with E-state index in [1.165, 1.54) is 0 Å². The summed E-state index contributed by atoms with van der Waals surface area (Å²) in [7, 11) is 0. The molecule has 2 aromatic rings. The highest BCUT2D eigenvalue weighted by molar-refractivity contribution is 7.09. The predicted octanol–water partition coefficient (Wildman–Crippen LogP) is 3.44. The molecular weight excluding hydrogens is 305 g/mol. The largest absolute Gasteiger partial charge is 0.332 e. The highest BCUT2D eigenvalue weighted by Gasteiger charge is 2.20. The van der Waals surface area contributed by atoms with Gasteiger partial charge in [0.15, 0.2) is 5.15 Å². The smallest absolute Gasteiger partial charge is 0.265 e. The van der Waals surface area contributed by atoms with Crippen LogP contribution in [0.15, 0.2) is 30.3 Å². The van der Waals surface area contributed by atoms with Crippen LogP contribution in [0.2, 0.25) is 10.2 Å². The molecule has 1 atom stereocenters. The molecule has 1 aromatic heterocycles. The Hall–Kier alpha value is -1.61. The first-order valence-electron chi connectivity index (χ1n) is 5.19. The highest BCUT2D eigenvalue weighted by atomic mass is 35.5. The number of carbonyl (C=O) groups excluding carboxylic acids is 1. The monoisotopic (exact) mass is 311 g/mol. The summed E-state index contributed by atoms with van der Waals surface area (Å²) in [4.78, 5) is 12.2. The third-order valence-corrected chi connectivity index (χ3v) is 4.14. The molecule has 1 amide bonds. The predicted molar refractivity (Wildman–Crippen MR) is 74.4 cm³/mol. The van der Waals surface area contributed by atoms with E-state index in [1.54, 1.807) is 24.3 Å². The maximum absolute atomic E-state index is 12.0. The van der Waals surface area contributed by atoms with Gasteiger partial charge in [-0.2, -0.15) is 9.64 Å². The Labute approximate surface area is 123 Å². The first-order valence-corrected chi connectivity index (χ1v) is 6.72. The summed E-state index contributed by atoms with van der Waals surface area (Å²) in [6.07, 6.45) is 0. The Morgan fingerprint density at radius 1 is 1.37 bits per heavy atom. The van der Waals surface area contributed by atoms with Crippen molar-refractivity contribution in [3.8, 4) is 6.07 Å². The maximum atomic E-state index is 12.0. The van der Waals surface area contributed by atoms with Crippen LogP contribution in [0, 0.1) is 11.3 Å². The Bertz CT molecular complexity index is 636. The summed E-state index contributed by atoms with van der Waals surface area (Å²) in [5.41, 5.74) is 0.699. The molecule has 0 fully saturated rings. The molecule has 1 aromatic carbocycles. The second kappa shape index (κ2) is 6.02. The third-order valence-electron chi connectivity index (χ3n) is 2.34. The van der Waals surface area contributed by atoms with Crippen LogP contribution in [0.1, 0.15) is 21.3 Å². The second-order valence-electron chi connectivity index (χ2n) is 3.56. The first kappa shape index (κ1) is 13.8. The molecule has 19 heavy (non-hydrogen) atoms. The number of rotatable bonds is 3. The van der Waals surface area contributed by atoms with Crippen molar-refractivity contribution in [3.63, 3.8) is 0 Å². The van der Waals surface area contributed by atoms with Crippen LogP contribution >= 0.6 is 34.7 Å². The van der Waals surface area contributed by atoms with E-state index in [0.29, 0.717) is 5.56 Å². The summed E-state index contributed by atoms with van der Waals surface area (Å²) >= 11 is 12.4. The van der Waals surface area contributed by atoms with Crippen molar-refractivity contribution in [2.24, 2.45) is 0 Å². The van der Waals surface area contributed by atoms with Gasteiger partial charge in [0.05, 0.1) is 6.07 Å². The Morgan fingerprint density at radius 2 is 2.05 bits per heavy atom. The molecule has 1 N–H and O–H groups in total. The second-order valence-corrected chi connectivity index (χ2v) is 5.07. The van der Waals surface area contributed by atoms with Gasteiger partial charge in [0.1, 0.15) is 15.9 Å². The average Bonchev–Trinajstić information content (AvgIpc) is 2.77. The van der Waals surface area contributed by atoms with Gasteiger partial charge in [-0.3, -0.25) is 4.79 Å². The topological polar surface area (TPSA) is 65.8 Å². The van der Waals surface area contributed by atoms with Gasteiger partial charge < -0.3 is 5.32 Å². The summed E-state index contributed by atoms with van der Waals surface area (Å²) in [5, 5.41) is 11.9. The van der Waals surface area contributed by atoms with E-state index in [0.717, 1.165) is 11.5 Å². The van der Waals surface area contributed by atoms with E-state index in [2.05, 4.69) is 9.69 Å². The van der Waals surface area contributed by atoms with Crippen molar-refractivity contribution in [2.75, 3.05) is 0 Å². The number of halogens is 2. The standard InChI is InChI=1S/C12H7Cl2N3OS/c13-9-10(19-17-11(9)14)12(18)16-8(6-15)7-4-2-1-3-5-7/h1-5,8H,(H,16,18). The number of hydrogen-bond donors (Lipinski definition) is 1. The first-order chi connectivity index (χ1) is 9.13. The van der Waals surface area contributed by atoms with Crippen LogP contribution in [0.5, 0.6) is 0 Å². The van der Waals surface area contributed by atoms with Gasteiger partial charge in [-0.05, 0) is 17.1 Å². The molecule has 0 radical (unpaired) electrons. The number of nitriles is 1. The molecule has 2 rings (SSSR count). The minimum absolute atomic E-state index is 0.0880. The number of benzene rings is 1. The lowest BCUT2D eigenvalue weighted by molar-refractivity contribution is 0.0949. The van der Waals surface area contributed by atoms with E-state index in [9.17, 15) is 4.79 Å². The van der Waals surface area contributed by atoms with Crippen LogP contribution in [-0.2, 0) is 0 Å². The Balaban J connectivity index is 2.18. The van der Waals surface area contributed by atoms with Gasteiger partial charge in [0.2, 0.25) is 0 Å². The molecule has 7 heteroatoms. The number of nitrogens with zero attached hydrogens (tertiary/aromatic N) is 2. The van der Waals surface area contributed by atoms with Crippen LogP contribution < -0.4 is 5.32 Å². The highest BCUT2D eigenvalue weighted by Crippen LogP contribution is 2.28. The SMILES string of the molecule is N#CC(NC(=O)c1snc(Cl)c1Cl)c1ccccc1. The van der Waals surface area contributed by atoms with Gasteiger partial charge in [0.25, 0.3) is 5.91 Å². The molecule has 4 nitrogen and oxygen atoms in total. The molecule has 0 saturated carbocycles. The molecule has 1 heterocycles. The normalized spacial score (nSPS) is 11.6. The van der Waals surface area contributed by atoms with Crippen LogP contribution in [0.3, 0.4) is 0 Å². The van der Waals surface area contributed by atoms with Crippen molar-refractivity contribution in [2.45, 2.75) is 6.04 Å². The van der Waals surface area contributed by atoms with Crippen molar-refractivity contribution in [1.29, 1.82) is 5.26 Å². The molecule has 0 aliphatic carbocycles. The summed E-state index contributed by atoms with van der Waals surface area (Å²) in [6, 6.07) is 10.2. The number of nitrogens with one attached hydrogen (secondary N) is 1. The van der Waals surface area contributed by atoms with Gasteiger partial charge in [-0.15, -0.1) is 0 Å². The number of carbonyl (C=O) groups is 1. The molecule has 0 spiro atoms. The number of aromatic nitrogens is 1. The molecular formula is C12H7Cl2N3OS. The summed E-state index contributed by atoms with van der Waals surface area (Å²) in [6.45, 7) is 0. The van der Waals surface area contributed by atoms with Gasteiger partial charge in [-0.1, -0.05) is 53.5 Å². The van der Waals surface area contributed by atoms with Gasteiger partial charge in [0, 0.05) is 0 Å². The van der Waals surface area contributed by atoms with Crippen LogP contribution in [0.4, 0.5) is 0 Å². The molecule has 0 bridgehead atoms. The Kier molecular flexibility index (Phi) is 4.38. The number of hydrogen-bond acceptors (Lipinski definition) is 4. The minimum Gasteiger partial charge on any atom is -0.332 e. The fourth-order valence-electron chi connectivity index (χ4n) is 1.43. The summed E-state index contributed by atoms with van der Waals surface area (Å²) < 4.78 is 3.77. The lowest BCUT2D eigenvalue weighted by Crippen LogP contribution is -2.27. The Morgan fingerprint density at radius 3 is 2.58 bits per heavy atom. The van der Waals surface area contributed by atoms with Crippen molar-refractivity contribution in [3.05, 3.63) is 50.9 Å². The quantitative estimate of drug-likeness (QED) is 0.944. The van der Waals surface area contributed by atoms with E-state index < -0.39 is 11.9 Å². The zero-order valence-electron chi connectivity index (χ0n) is 9.43. The fourth-order valence-corrected chi connectivity index (χ4v) is 2.55. The van der Waals surface area contributed by atoms with Crippen molar-refractivity contribution >= 4 is 40.6 Å². The van der Waals surface area contributed by atoms with Crippen molar-refractivity contribution in [1.82, 2.24) is 9.69 Å². The van der Waals surface area contributed by atoms with Crippen molar-refractivity contribution < 1.29 is 4.79 Å². The average molecular weight is 312 g/mol. The van der Waals surface area contributed by atoms with E-state index in [1.807, 2.05) is 12.1 Å². The van der Waals surface area contributed by atoms with Crippen LogP contribution in [-0.4, -0.2) is 10.3 Å². The lowest BCUT2D eigenvalue weighted by atomic mass is 10.1. The number of amides is 1. The minimum atomic E-state index is -0.745. The molecule has 0 saturated heterocycles. The third kappa shape index (κ3) is 3.04. The zero-order chi connectivity index (χ0) is 13.8. The van der Waals surface area contributed by atoms with E-state index in [4.69, 9.17) is 28.5 Å². The zero-order valence-corrected chi connectivity index (χ0v) is 11.8. The molecule has 0 aliphatic rings. The lowest BCUT2D eigenvalue weighted by Gasteiger charge is -2.10. The van der Waals surface area contributed by atoms with Gasteiger partial charge in [-0.25, -0.2) is 0 Å². The molecule has 1 unspecified atom stereocenters. The molecule has 96 valence electrons.